The second kappa shape index (κ2) is 10.5. The van der Waals surface area contributed by atoms with E-state index < -0.39 is 8.80 Å². The second-order valence-electron chi connectivity index (χ2n) is 10.1. The Morgan fingerprint density at radius 1 is 0.848 bits per heavy atom. The van der Waals surface area contributed by atoms with Gasteiger partial charge in [0.25, 0.3) is 0 Å². The summed E-state index contributed by atoms with van der Waals surface area (Å²) in [4.78, 5) is 0. The summed E-state index contributed by atoms with van der Waals surface area (Å²) in [6.07, 6.45) is 6.03. The third-order valence-corrected chi connectivity index (χ3v) is 11.4. The highest BCUT2D eigenvalue weighted by molar-refractivity contribution is 6.59. The van der Waals surface area contributed by atoms with Gasteiger partial charge in [0.2, 0.25) is 0 Å². The Bertz CT molecular complexity index is 1090. The van der Waals surface area contributed by atoms with E-state index in [0.717, 1.165) is 24.0 Å². The number of hydrogen-bond acceptors (Lipinski definition) is 0. The quantitative estimate of drug-likeness (QED) is 0.294. The highest BCUT2D eigenvalue weighted by Gasteiger charge is 2.30. The molecule has 0 bridgehead atoms. The summed E-state index contributed by atoms with van der Waals surface area (Å²) in [5.74, 6) is -0.649. The molecule has 3 aromatic rings. The van der Waals surface area contributed by atoms with E-state index in [1.165, 1.54) is 43.5 Å². The minimum atomic E-state index is -0.484. The van der Waals surface area contributed by atoms with Crippen LogP contribution in [0.4, 0.5) is 8.78 Å². The fourth-order valence-corrected chi connectivity index (χ4v) is 9.28. The number of hydrogen-bond donors (Lipinski definition) is 0. The highest BCUT2D eigenvalue weighted by Crippen LogP contribution is 2.41. The Kier molecular flexibility index (Phi) is 7.71. The van der Waals surface area contributed by atoms with Crippen LogP contribution in [-0.2, 0) is 6.42 Å². The van der Waals surface area contributed by atoms with Gasteiger partial charge in [0.15, 0.2) is 0 Å². The first kappa shape index (κ1) is 24.2. The zero-order valence-corrected chi connectivity index (χ0v) is 21.6. The molecule has 1 aliphatic rings. The van der Waals surface area contributed by atoms with Crippen LogP contribution >= 0.6 is 11.6 Å². The van der Waals surface area contributed by atoms with Gasteiger partial charge in [-0.05, 0) is 59.2 Å². The molecule has 0 aromatic heterocycles. The van der Waals surface area contributed by atoms with Gasteiger partial charge >= 0.3 is 0 Å². The van der Waals surface area contributed by atoms with E-state index in [1.54, 1.807) is 48.5 Å². The molecular weight excluding hydrogens is 450 g/mol. The van der Waals surface area contributed by atoms with Crippen LogP contribution in [0, 0.1) is 17.0 Å². The minimum Gasteiger partial charge on any atom is -0.206 e. The smallest absolute Gasteiger partial charge is 0.131 e. The summed E-state index contributed by atoms with van der Waals surface area (Å²) >= 11 is 5.93. The molecule has 4 heteroatoms. The normalized spacial score (nSPS) is 20.7. The largest absolute Gasteiger partial charge is 0.206 e. The lowest BCUT2D eigenvalue weighted by atomic mass is 9.79. The van der Waals surface area contributed by atoms with Crippen LogP contribution in [0.3, 0.4) is 0 Å². The minimum absolute atomic E-state index is 0.282. The van der Waals surface area contributed by atoms with Crippen LogP contribution in [0.2, 0.25) is 23.2 Å². The van der Waals surface area contributed by atoms with Crippen molar-refractivity contribution in [2.24, 2.45) is 5.41 Å². The van der Waals surface area contributed by atoms with Gasteiger partial charge in [-0.1, -0.05) is 99.2 Å². The van der Waals surface area contributed by atoms with E-state index in [0.29, 0.717) is 27.1 Å². The summed E-state index contributed by atoms with van der Waals surface area (Å²) in [6, 6.07) is 21.8. The van der Waals surface area contributed by atoms with Crippen molar-refractivity contribution in [1.29, 1.82) is 0 Å². The second-order valence-corrected chi connectivity index (χ2v) is 14.0. The molecular formula is C29H33ClF2Si. The first-order valence-electron chi connectivity index (χ1n) is 12.2. The number of benzene rings is 3. The van der Waals surface area contributed by atoms with E-state index in [9.17, 15) is 4.39 Å². The molecule has 3 aromatic carbocycles. The standard InChI is InChI=1S/C29H33ClF2Si/c1-3-16-33-17-14-29(2,15-18-33)13-12-21-4-10-26(27(31)19-21)23-7-11-25(28(32)20-23)22-5-8-24(30)9-6-22/h4-11,19-20,33H,3,12-18H2,1-2H3/t29-,33-. The Morgan fingerprint density at radius 2 is 1.45 bits per heavy atom. The van der Waals surface area contributed by atoms with Crippen LogP contribution in [0.15, 0.2) is 60.7 Å². The molecule has 1 aliphatic heterocycles. The van der Waals surface area contributed by atoms with Crippen molar-refractivity contribution in [3.8, 4) is 22.3 Å². The van der Waals surface area contributed by atoms with Crippen molar-refractivity contribution < 1.29 is 8.78 Å². The van der Waals surface area contributed by atoms with Crippen LogP contribution in [-0.4, -0.2) is 8.80 Å². The summed E-state index contributed by atoms with van der Waals surface area (Å²) in [5, 5.41) is 0.609. The molecule has 0 nitrogen and oxygen atoms in total. The molecule has 33 heavy (non-hydrogen) atoms. The zero-order chi connectivity index (χ0) is 23.4. The maximum atomic E-state index is 15.0. The van der Waals surface area contributed by atoms with Gasteiger partial charge in [-0.25, -0.2) is 8.78 Å². The number of aryl methyl sites for hydroxylation is 1. The van der Waals surface area contributed by atoms with E-state index in [-0.39, 0.29) is 11.6 Å². The van der Waals surface area contributed by atoms with Crippen molar-refractivity contribution in [3.63, 3.8) is 0 Å². The zero-order valence-electron chi connectivity index (χ0n) is 19.6. The molecule has 174 valence electrons. The van der Waals surface area contributed by atoms with Crippen LogP contribution < -0.4 is 0 Å². The van der Waals surface area contributed by atoms with E-state index >= 15 is 4.39 Å². The monoisotopic (exact) mass is 482 g/mol. The van der Waals surface area contributed by atoms with Crippen molar-refractivity contribution in [2.45, 2.75) is 64.1 Å². The lowest BCUT2D eigenvalue weighted by Crippen LogP contribution is -2.29. The molecule has 4 rings (SSSR count). The molecule has 0 unspecified atom stereocenters. The van der Waals surface area contributed by atoms with E-state index in [2.05, 4.69) is 13.8 Å². The number of rotatable bonds is 7. The van der Waals surface area contributed by atoms with Gasteiger partial charge in [-0.2, -0.15) is 0 Å². The first-order chi connectivity index (χ1) is 15.9. The van der Waals surface area contributed by atoms with Gasteiger partial charge < -0.3 is 0 Å². The van der Waals surface area contributed by atoms with Gasteiger partial charge in [0.05, 0.1) is 0 Å². The molecule has 0 saturated carbocycles. The molecule has 1 heterocycles. The topological polar surface area (TPSA) is 0 Å². The Balaban J connectivity index is 1.43. The average molecular weight is 483 g/mol. The molecule has 0 aliphatic carbocycles. The van der Waals surface area contributed by atoms with E-state index in [4.69, 9.17) is 11.6 Å². The maximum Gasteiger partial charge on any atom is 0.131 e. The van der Waals surface area contributed by atoms with Crippen molar-refractivity contribution in [2.75, 3.05) is 0 Å². The fraction of sp³-hybridized carbons (Fsp3) is 0.379. The SMILES string of the molecule is CCC[Si@H]1CC[C@](C)(CCc2ccc(-c3ccc(-c4ccc(Cl)cc4)c(F)c3)c(F)c2)CC1. The predicted molar refractivity (Wildman–Crippen MR) is 140 cm³/mol. The summed E-state index contributed by atoms with van der Waals surface area (Å²) in [5.41, 5.74) is 3.66. The Hall–Kier alpha value is -1.97. The summed E-state index contributed by atoms with van der Waals surface area (Å²) in [6.45, 7) is 4.72. The van der Waals surface area contributed by atoms with Gasteiger partial charge in [-0.3, -0.25) is 0 Å². The molecule has 0 N–H and O–H groups in total. The lowest BCUT2D eigenvalue weighted by Gasteiger charge is -2.37. The van der Waals surface area contributed by atoms with Crippen molar-refractivity contribution in [3.05, 3.63) is 82.9 Å². The molecule has 1 saturated heterocycles. The van der Waals surface area contributed by atoms with Gasteiger partial charge in [0, 0.05) is 24.9 Å². The van der Waals surface area contributed by atoms with Crippen LogP contribution in [0.5, 0.6) is 0 Å². The fourth-order valence-electron chi connectivity index (χ4n) is 5.26. The van der Waals surface area contributed by atoms with Crippen LogP contribution in [0.1, 0.15) is 45.1 Å². The predicted octanol–water partition coefficient (Wildman–Crippen LogP) is 9.32. The summed E-state index contributed by atoms with van der Waals surface area (Å²) in [7, 11) is -0.484. The lowest BCUT2D eigenvalue weighted by molar-refractivity contribution is 0.261. The van der Waals surface area contributed by atoms with Crippen LogP contribution in [0.25, 0.3) is 22.3 Å². The summed E-state index contributed by atoms with van der Waals surface area (Å²) < 4.78 is 29.8. The molecule has 0 atom stereocenters. The molecule has 1 fully saturated rings. The van der Waals surface area contributed by atoms with Gasteiger partial charge in [-0.15, -0.1) is 0 Å². The first-order valence-corrected chi connectivity index (χ1v) is 15.0. The van der Waals surface area contributed by atoms with E-state index in [1.807, 2.05) is 6.07 Å². The maximum absolute atomic E-state index is 15.0. The molecule has 0 amide bonds. The molecule has 0 spiro atoms. The average Bonchev–Trinajstić information content (AvgIpc) is 2.80. The van der Waals surface area contributed by atoms with Crippen molar-refractivity contribution >= 4 is 20.4 Å². The molecule has 0 radical (unpaired) electrons. The Morgan fingerprint density at radius 3 is 2.09 bits per heavy atom. The Labute approximate surface area is 203 Å². The number of halogens is 3. The van der Waals surface area contributed by atoms with Crippen molar-refractivity contribution in [1.82, 2.24) is 0 Å². The van der Waals surface area contributed by atoms with Gasteiger partial charge in [0.1, 0.15) is 11.6 Å². The third kappa shape index (κ3) is 5.94. The third-order valence-electron chi connectivity index (χ3n) is 7.50. The highest BCUT2D eigenvalue weighted by atomic mass is 35.5.